The monoisotopic (exact) mass is 640 g/mol. The number of allylic oxidation sites excluding steroid dienone is 1. The zero-order valence-electron chi connectivity index (χ0n) is 22.1. The van der Waals surface area contributed by atoms with Crippen LogP contribution in [0.15, 0.2) is 94.5 Å². The molecule has 1 atom stereocenters. The van der Waals surface area contributed by atoms with E-state index in [2.05, 4.69) is 20.9 Å². The first-order valence-electron chi connectivity index (χ1n) is 12.3. The van der Waals surface area contributed by atoms with Crippen LogP contribution in [0.25, 0.3) is 6.08 Å². The lowest BCUT2D eigenvalue weighted by atomic mass is 9.95. The van der Waals surface area contributed by atoms with Gasteiger partial charge in [-0.05, 0) is 66.2 Å². The van der Waals surface area contributed by atoms with E-state index in [0.717, 1.165) is 9.37 Å². The number of thiazole rings is 1. The summed E-state index contributed by atoms with van der Waals surface area (Å²) in [6, 6.07) is 16.1. The number of carbonyl (C=O) groups is 1. The normalized spacial score (nSPS) is 15.0. The average molecular weight is 642 g/mol. The lowest BCUT2D eigenvalue weighted by Crippen LogP contribution is -2.40. The Hall–Kier alpha value is -3.54. The van der Waals surface area contributed by atoms with Gasteiger partial charge in [-0.25, -0.2) is 9.79 Å². The molecule has 0 unspecified atom stereocenters. The highest BCUT2D eigenvalue weighted by Crippen LogP contribution is 2.38. The molecule has 3 heterocycles. The van der Waals surface area contributed by atoms with Crippen molar-refractivity contribution in [1.29, 1.82) is 0 Å². The van der Waals surface area contributed by atoms with Gasteiger partial charge in [-0.3, -0.25) is 9.36 Å². The Morgan fingerprint density at radius 3 is 2.65 bits per heavy atom. The first-order valence-corrected chi connectivity index (χ1v) is 14.7. The number of aromatic nitrogens is 1. The molecule has 1 aliphatic rings. The van der Waals surface area contributed by atoms with E-state index in [-0.39, 0.29) is 17.7 Å². The summed E-state index contributed by atoms with van der Waals surface area (Å²) < 4.78 is 25.2. The molecule has 0 spiro atoms. The zero-order chi connectivity index (χ0) is 28.4. The molecular formula is C29H25BrN2O6S2. The largest absolute Gasteiger partial charge is 0.497 e. The number of nitrogens with zero attached hydrogens (tertiary/aromatic N) is 2. The zero-order valence-corrected chi connectivity index (χ0v) is 25.3. The number of methoxy groups -OCH3 is 2. The van der Waals surface area contributed by atoms with Gasteiger partial charge in [0.1, 0.15) is 23.3 Å². The molecule has 5 rings (SSSR count). The maximum Gasteiger partial charge on any atom is 0.338 e. The molecule has 0 bridgehead atoms. The third-order valence-electron chi connectivity index (χ3n) is 6.15. The summed E-state index contributed by atoms with van der Waals surface area (Å²) in [7, 11) is 3.09. The first kappa shape index (κ1) is 28.0. The van der Waals surface area contributed by atoms with E-state index in [1.54, 1.807) is 45.2 Å². The van der Waals surface area contributed by atoms with Gasteiger partial charge >= 0.3 is 5.97 Å². The van der Waals surface area contributed by atoms with Crippen LogP contribution in [0.5, 0.6) is 11.5 Å². The number of esters is 1. The van der Waals surface area contributed by atoms with E-state index >= 15 is 0 Å². The third kappa shape index (κ3) is 5.41. The summed E-state index contributed by atoms with van der Waals surface area (Å²) >= 11 is 6.25. The number of rotatable bonds is 8. The topological polar surface area (TPSA) is 92.3 Å². The SMILES string of the molecule is CCOC(=O)C1=C(C)N=c2s/c(=C/c3cc(Br)c(Sc4ccccc4)o3)c(=O)n2[C@@H]1c1cc(OC)ccc1OC. The van der Waals surface area contributed by atoms with Crippen LogP contribution < -0.4 is 24.4 Å². The van der Waals surface area contributed by atoms with Gasteiger partial charge in [-0.15, -0.1) is 0 Å². The summed E-state index contributed by atoms with van der Waals surface area (Å²) in [6.07, 6.45) is 1.69. The van der Waals surface area contributed by atoms with Gasteiger partial charge in [0.25, 0.3) is 5.56 Å². The van der Waals surface area contributed by atoms with Gasteiger partial charge in [-0.1, -0.05) is 41.3 Å². The molecule has 40 heavy (non-hydrogen) atoms. The Balaban J connectivity index is 1.66. The van der Waals surface area contributed by atoms with E-state index in [1.807, 2.05) is 36.4 Å². The first-order chi connectivity index (χ1) is 19.3. The highest BCUT2D eigenvalue weighted by Gasteiger charge is 2.35. The van der Waals surface area contributed by atoms with Crippen LogP contribution >= 0.6 is 39.0 Å². The Bertz CT molecular complexity index is 1790. The Labute approximate surface area is 246 Å². The maximum atomic E-state index is 13.9. The van der Waals surface area contributed by atoms with Gasteiger partial charge in [-0.2, -0.15) is 0 Å². The molecule has 0 fully saturated rings. The molecule has 0 N–H and O–H groups in total. The molecule has 206 valence electrons. The minimum Gasteiger partial charge on any atom is -0.497 e. The molecule has 0 radical (unpaired) electrons. The minimum absolute atomic E-state index is 0.179. The number of ether oxygens (including phenoxy) is 3. The van der Waals surface area contributed by atoms with Crippen LogP contribution in [-0.4, -0.2) is 31.4 Å². The predicted octanol–water partition coefficient (Wildman–Crippen LogP) is 5.32. The fraction of sp³-hybridized carbons (Fsp3) is 0.207. The lowest BCUT2D eigenvalue weighted by Gasteiger charge is -2.26. The van der Waals surface area contributed by atoms with Gasteiger partial charge in [0.05, 0.1) is 41.1 Å². The standard InChI is InChI=1S/C29H25BrN2O6S2/c1-5-37-27(34)24-16(2)31-29-32(25(24)20-13-17(35-3)11-12-22(20)36-4)26(33)23(40-29)15-18-14-21(30)28(38-18)39-19-9-7-6-8-10-19/h6-15,25H,5H2,1-4H3/b23-15+/t25-/m1/s1. The van der Waals surface area contributed by atoms with E-state index in [9.17, 15) is 9.59 Å². The smallest absolute Gasteiger partial charge is 0.338 e. The molecule has 11 heteroatoms. The summed E-state index contributed by atoms with van der Waals surface area (Å²) in [6.45, 7) is 3.65. The Morgan fingerprint density at radius 1 is 1.18 bits per heavy atom. The minimum atomic E-state index is -0.838. The molecule has 2 aromatic heterocycles. The quantitative estimate of drug-likeness (QED) is 0.241. The molecule has 0 amide bonds. The number of halogens is 1. The van der Waals surface area contributed by atoms with Crippen molar-refractivity contribution in [3.8, 4) is 11.5 Å². The average Bonchev–Trinajstić information content (AvgIpc) is 3.45. The van der Waals surface area contributed by atoms with Crippen molar-refractivity contribution in [3.63, 3.8) is 0 Å². The van der Waals surface area contributed by atoms with Crippen LogP contribution in [0.3, 0.4) is 0 Å². The third-order valence-corrected chi connectivity index (χ3v) is 8.98. The highest BCUT2D eigenvalue weighted by atomic mass is 79.9. The summed E-state index contributed by atoms with van der Waals surface area (Å²) in [4.78, 5) is 33.3. The number of benzene rings is 2. The van der Waals surface area contributed by atoms with E-state index in [1.165, 1.54) is 34.8 Å². The van der Waals surface area contributed by atoms with Crippen molar-refractivity contribution < 1.29 is 23.4 Å². The van der Waals surface area contributed by atoms with Gasteiger partial charge in [0.2, 0.25) is 0 Å². The van der Waals surface area contributed by atoms with Gasteiger partial charge in [0.15, 0.2) is 9.89 Å². The molecule has 0 aliphatic carbocycles. The Kier molecular flexibility index (Phi) is 8.34. The van der Waals surface area contributed by atoms with Gasteiger partial charge in [0, 0.05) is 16.5 Å². The second-order valence-corrected chi connectivity index (χ2v) is 11.5. The summed E-state index contributed by atoms with van der Waals surface area (Å²) in [5, 5.41) is 0.671. The van der Waals surface area contributed by atoms with Gasteiger partial charge < -0.3 is 18.6 Å². The molecule has 1 aliphatic heterocycles. The van der Waals surface area contributed by atoms with Crippen LogP contribution in [-0.2, 0) is 9.53 Å². The second-order valence-electron chi connectivity index (χ2n) is 8.61. The number of furan rings is 1. The second kappa shape index (κ2) is 11.9. The summed E-state index contributed by atoms with van der Waals surface area (Å²) in [5.74, 6) is 1.01. The van der Waals surface area contributed by atoms with Crippen molar-refractivity contribution in [3.05, 3.63) is 101 Å². The highest BCUT2D eigenvalue weighted by molar-refractivity contribution is 9.10. The van der Waals surface area contributed by atoms with Crippen LogP contribution in [0.4, 0.5) is 0 Å². The molecule has 4 aromatic rings. The Morgan fingerprint density at radius 2 is 1.95 bits per heavy atom. The molecule has 0 saturated heterocycles. The van der Waals surface area contributed by atoms with Crippen LogP contribution in [0.1, 0.15) is 31.2 Å². The van der Waals surface area contributed by atoms with E-state index in [4.69, 9.17) is 18.6 Å². The summed E-state index contributed by atoms with van der Waals surface area (Å²) in [5.41, 5.74) is 0.977. The van der Waals surface area contributed by atoms with Crippen molar-refractivity contribution in [2.45, 2.75) is 29.9 Å². The van der Waals surface area contributed by atoms with Crippen molar-refractivity contribution in [2.24, 2.45) is 4.99 Å². The van der Waals surface area contributed by atoms with Crippen molar-refractivity contribution >= 4 is 51.1 Å². The van der Waals surface area contributed by atoms with Crippen LogP contribution in [0.2, 0.25) is 0 Å². The van der Waals surface area contributed by atoms with Crippen molar-refractivity contribution in [2.75, 3.05) is 20.8 Å². The van der Waals surface area contributed by atoms with E-state index in [0.29, 0.717) is 42.9 Å². The number of hydrogen-bond donors (Lipinski definition) is 0. The fourth-order valence-electron chi connectivity index (χ4n) is 4.37. The fourth-order valence-corrected chi connectivity index (χ4v) is 6.75. The number of fused-ring (bicyclic) bond motifs is 1. The number of hydrogen-bond acceptors (Lipinski definition) is 9. The van der Waals surface area contributed by atoms with Crippen LogP contribution in [0, 0.1) is 0 Å². The molecule has 0 saturated carbocycles. The van der Waals surface area contributed by atoms with E-state index < -0.39 is 12.0 Å². The molecule has 8 nitrogen and oxygen atoms in total. The molecular weight excluding hydrogens is 616 g/mol. The molecule has 2 aromatic carbocycles. The predicted molar refractivity (Wildman–Crippen MR) is 157 cm³/mol. The van der Waals surface area contributed by atoms with Crippen molar-refractivity contribution in [1.82, 2.24) is 4.57 Å². The lowest BCUT2D eigenvalue weighted by molar-refractivity contribution is -0.139. The number of carbonyl (C=O) groups excluding carboxylic acids is 1. The maximum absolute atomic E-state index is 13.9.